The molecule has 0 aromatic carbocycles. The summed E-state index contributed by atoms with van der Waals surface area (Å²) in [5, 5.41) is 0. The van der Waals surface area contributed by atoms with E-state index < -0.39 is 0 Å². The number of ether oxygens (including phenoxy) is 1. The summed E-state index contributed by atoms with van der Waals surface area (Å²) in [5.74, 6) is 1.95. The van der Waals surface area contributed by atoms with E-state index >= 15 is 0 Å². The number of hydrogen-bond donors (Lipinski definition) is 1. The number of rotatable bonds is 6. The lowest BCUT2D eigenvalue weighted by Crippen LogP contribution is -2.37. The lowest BCUT2D eigenvalue weighted by molar-refractivity contribution is -0.129. The number of carbonyl (C=O) groups is 1. The first-order valence-corrected chi connectivity index (χ1v) is 8.59. The molecule has 0 radical (unpaired) electrons. The second kappa shape index (κ2) is 8.09. The third-order valence-electron chi connectivity index (χ3n) is 4.62. The van der Waals surface area contributed by atoms with Gasteiger partial charge in [-0.3, -0.25) is 14.7 Å². The van der Waals surface area contributed by atoms with Crippen LogP contribution in [0.15, 0.2) is 30.6 Å². The van der Waals surface area contributed by atoms with Crippen LogP contribution in [0.4, 0.5) is 5.82 Å². The highest BCUT2D eigenvalue weighted by Gasteiger charge is 2.29. The van der Waals surface area contributed by atoms with Gasteiger partial charge in [0.1, 0.15) is 17.4 Å². The number of anilines is 1. The maximum absolute atomic E-state index is 12.5. The highest BCUT2D eigenvalue weighted by molar-refractivity contribution is 5.78. The number of nitrogens with zero attached hydrogens (tertiary/aromatic N) is 5. The van der Waals surface area contributed by atoms with E-state index in [-0.39, 0.29) is 11.9 Å². The van der Waals surface area contributed by atoms with Crippen LogP contribution in [0.3, 0.4) is 0 Å². The first-order valence-electron chi connectivity index (χ1n) is 8.59. The van der Waals surface area contributed by atoms with Crippen molar-refractivity contribution in [3.63, 3.8) is 0 Å². The molecule has 8 heteroatoms. The SMILES string of the molecule is COc1ccc(CC(=O)N2CCC(N(C)Cc3nccc(N)n3)C2)nc1. The Kier molecular flexibility index (Phi) is 5.62. The van der Waals surface area contributed by atoms with Gasteiger partial charge in [0, 0.05) is 31.0 Å². The van der Waals surface area contributed by atoms with Crippen molar-refractivity contribution >= 4 is 11.7 Å². The Bertz CT molecular complexity index is 752. The predicted molar refractivity (Wildman–Crippen MR) is 97.4 cm³/mol. The number of hydrogen-bond acceptors (Lipinski definition) is 7. The van der Waals surface area contributed by atoms with Crippen molar-refractivity contribution in [1.29, 1.82) is 0 Å². The van der Waals surface area contributed by atoms with Gasteiger partial charge in [0.15, 0.2) is 0 Å². The number of likely N-dealkylation sites (tertiary alicyclic amines) is 1. The number of nitrogen functional groups attached to an aromatic ring is 1. The van der Waals surface area contributed by atoms with Gasteiger partial charge in [-0.25, -0.2) is 9.97 Å². The molecule has 2 N–H and O–H groups in total. The number of aromatic nitrogens is 3. The minimum absolute atomic E-state index is 0.0961. The minimum Gasteiger partial charge on any atom is -0.495 e. The van der Waals surface area contributed by atoms with Gasteiger partial charge >= 0.3 is 0 Å². The van der Waals surface area contributed by atoms with E-state index in [4.69, 9.17) is 10.5 Å². The Labute approximate surface area is 153 Å². The smallest absolute Gasteiger partial charge is 0.228 e. The lowest BCUT2D eigenvalue weighted by Gasteiger charge is -2.24. The molecule has 1 atom stereocenters. The summed E-state index contributed by atoms with van der Waals surface area (Å²) < 4.78 is 5.09. The van der Waals surface area contributed by atoms with Crippen LogP contribution in [0, 0.1) is 0 Å². The van der Waals surface area contributed by atoms with Gasteiger partial charge in [-0.2, -0.15) is 0 Å². The molecule has 1 aliphatic rings. The van der Waals surface area contributed by atoms with Crippen molar-refractivity contribution in [1.82, 2.24) is 24.8 Å². The fraction of sp³-hybridized carbons (Fsp3) is 0.444. The Morgan fingerprint density at radius 3 is 2.92 bits per heavy atom. The Morgan fingerprint density at radius 2 is 2.23 bits per heavy atom. The van der Waals surface area contributed by atoms with E-state index in [2.05, 4.69) is 19.9 Å². The molecule has 138 valence electrons. The predicted octanol–water partition coefficient (Wildman–Crippen LogP) is 0.738. The second-order valence-corrected chi connectivity index (χ2v) is 6.46. The maximum atomic E-state index is 12.5. The number of pyridine rings is 1. The summed E-state index contributed by atoms with van der Waals surface area (Å²) in [6.07, 6.45) is 4.53. The van der Waals surface area contributed by atoms with Gasteiger partial charge in [0.2, 0.25) is 5.91 Å². The number of nitrogens with two attached hydrogens (primary N) is 1. The Hall–Kier alpha value is -2.74. The highest BCUT2D eigenvalue weighted by Crippen LogP contribution is 2.17. The summed E-state index contributed by atoms with van der Waals surface area (Å²) >= 11 is 0. The molecule has 3 heterocycles. The normalized spacial score (nSPS) is 16.9. The zero-order chi connectivity index (χ0) is 18.5. The molecule has 0 bridgehead atoms. The zero-order valence-electron chi connectivity index (χ0n) is 15.1. The van der Waals surface area contributed by atoms with Crippen LogP contribution in [0.5, 0.6) is 5.75 Å². The minimum atomic E-state index is 0.0961. The van der Waals surface area contributed by atoms with Crippen molar-refractivity contribution < 1.29 is 9.53 Å². The average Bonchev–Trinajstić information content (AvgIpc) is 3.13. The molecular formula is C18H24N6O2. The fourth-order valence-corrected chi connectivity index (χ4v) is 3.07. The molecule has 0 saturated carbocycles. The van der Waals surface area contributed by atoms with Gasteiger partial charge in [0.25, 0.3) is 0 Å². The molecule has 3 rings (SSSR count). The molecule has 0 spiro atoms. The zero-order valence-corrected chi connectivity index (χ0v) is 15.1. The fourth-order valence-electron chi connectivity index (χ4n) is 3.07. The van der Waals surface area contributed by atoms with E-state index in [1.54, 1.807) is 25.6 Å². The van der Waals surface area contributed by atoms with Gasteiger partial charge in [-0.1, -0.05) is 0 Å². The average molecular weight is 356 g/mol. The van der Waals surface area contributed by atoms with Crippen molar-refractivity contribution in [2.24, 2.45) is 0 Å². The molecule has 2 aromatic heterocycles. The Morgan fingerprint density at radius 1 is 1.38 bits per heavy atom. The van der Waals surface area contributed by atoms with Crippen LogP contribution < -0.4 is 10.5 Å². The first-order chi connectivity index (χ1) is 12.5. The van der Waals surface area contributed by atoms with Crippen LogP contribution in [-0.2, 0) is 17.8 Å². The molecule has 1 amide bonds. The summed E-state index contributed by atoms with van der Waals surface area (Å²) in [5.41, 5.74) is 6.46. The Balaban J connectivity index is 1.52. The monoisotopic (exact) mass is 356 g/mol. The summed E-state index contributed by atoms with van der Waals surface area (Å²) in [4.78, 5) is 29.4. The molecule has 8 nitrogen and oxygen atoms in total. The standard InChI is InChI=1S/C18H24N6O2/c1-23(12-17-20-7-5-16(19)22-17)14-6-8-24(11-14)18(25)9-13-3-4-15(26-2)10-21-13/h3-5,7,10,14H,6,8-9,11-12H2,1-2H3,(H2,19,20,22). The van der Waals surface area contributed by atoms with E-state index in [9.17, 15) is 4.79 Å². The third-order valence-corrected chi connectivity index (χ3v) is 4.62. The first kappa shape index (κ1) is 18.1. The van der Waals surface area contributed by atoms with E-state index in [1.165, 1.54) is 0 Å². The van der Waals surface area contributed by atoms with Crippen molar-refractivity contribution in [2.75, 3.05) is 33.0 Å². The lowest BCUT2D eigenvalue weighted by atomic mass is 10.2. The third kappa shape index (κ3) is 4.45. The summed E-state index contributed by atoms with van der Waals surface area (Å²) in [6.45, 7) is 2.06. The quantitative estimate of drug-likeness (QED) is 0.815. The van der Waals surface area contributed by atoms with Crippen LogP contribution in [0.2, 0.25) is 0 Å². The summed E-state index contributed by atoms with van der Waals surface area (Å²) in [6, 6.07) is 5.61. The second-order valence-electron chi connectivity index (χ2n) is 6.46. The van der Waals surface area contributed by atoms with Crippen molar-refractivity contribution in [3.8, 4) is 5.75 Å². The molecule has 26 heavy (non-hydrogen) atoms. The van der Waals surface area contributed by atoms with Crippen molar-refractivity contribution in [3.05, 3.63) is 42.1 Å². The summed E-state index contributed by atoms with van der Waals surface area (Å²) in [7, 11) is 3.62. The molecular weight excluding hydrogens is 332 g/mol. The number of methoxy groups -OCH3 is 1. The number of carbonyl (C=O) groups excluding carboxylic acids is 1. The topological polar surface area (TPSA) is 97.5 Å². The molecule has 1 saturated heterocycles. The van der Waals surface area contributed by atoms with E-state index in [0.717, 1.165) is 18.7 Å². The van der Waals surface area contributed by atoms with Gasteiger partial charge < -0.3 is 15.4 Å². The van der Waals surface area contributed by atoms with Crippen LogP contribution in [0.25, 0.3) is 0 Å². The van der Waals surface area contributed by atoms with Crippen LogP contribution >= 0.6 is 0 Å². The molecule has 2 aromatic rings. The molecule has 0 aliphatic carbocycles. The number of likely N-dealkylation sites (N-methyl/N-ethyl adjacent to an activating group) is 1. The maximum Gasteiger partial charge on any atom is 0.228 e. The van der Waals surface area contributed by atoms with Gasteiger partial charge in [-0.15, -0.1) is 0 Å². The number of amides is 1. The van der Waals surface area contributed by atoms with E-state index in [1.807, 2.05) is 24.1 Å². The van der Waals surface area contributed by atoms with E-state index in [0.29, 0.717) is 36.9 Å². The molecule has 1 fully saturated rings. The van der Waals surface area contributed by atoms with Crippen molar-refractivity contribution in [2.45, 2.75) is 25.4 Å². The molecule has 1 unspecified atom stereocenters. The largest absolute Gasteiger partial charge is 0.495 e. The van der Waals surface area contributed by atoms with Gasteiger partial charge in [-0.05, 0) is 31.7 Å². The molecule has 1 aliphatic heterocycles. The van der Waals surface area contributed by atoms with Crippen LogP contribution in [0.1, 0.15) is 17.9 Å². The van der Waals surface area contributed by atoms with Crippen LogP contribution in [-0.4, -0.2) is 63.9 Å². The highest BCUT2D eigenvalue weighted by atomic mass is 16.5. The van der Waals surface area contributed by atoms with Gasteiger partial charge in [0.05, 0.1) is 26.3 Å².